The molecule has 0 atom stereocenters. The molecule has 0 saturated carbocycles. The van der Waals surface area contributed by atoms with E-state index in [-0.39, 0.29) is 5.91 Å². The smallest absolute Gasteiger partial charge is 0.225 e. The number of hydrogen-bond acceptors (Lipinski definition) is 2. The number of nitrogens with one attached hydrogen (secondary N) is 1. The van der Waals surface area contributed by atoms with Crippen molar-refractivity contribution in [2.45, 2.75) is 45.4 Å². The van der Waals surface area contributed by atoms with Crippen molar-refractivity contribution in [3.8, 4) is 0 Å². The fraction of sp³-hybridized carbons (Fsp3) is 0.667. The zero-order valence-corrected chi connectivity index (χ0v) is 10.2. The first-order valence-corrected chi connectivity index (χ1v) is 6.02. The van der Waals surface area contributed by atoms with Crippen molar-refractivity contribution < 1.29 is 4.79 Å². The van der Waals surface area contributed by atoms with Crippen LogP contribution >= 0.6 is 0 Å². The van der Waals surface area contributed by atoms with Crippen molar-refractivity contribution >= 4 is 11.7 Å². The lowest BCUT2D eigenvalue weighted by atomic mass is 10.1. The van der Waals surface area contributed by atoms with E-state index in [4.69, 9.17) is 0 Å². The highest BCUT2D eigenvalue weighted by Crippen LogP contribution is 2.07. The molecule has 1 heterocycles. The van der Waals surface area contributed by atoms with Crippen LogP contribution in [-0.4, -0.2) is 15.7 Å². The Balaban J connectivity index is 2.11. The standard InChI is InChI=1S/C12H21N3O/c1-3-4-5-6-7-8-12(16)13-11-9-10-15(2)14-11/h9-10H,3-8H2,1-2H3,(H,13,14,16). The zero-order chi connectivity index (χ0) is 11.8. The molecule has 16 heavy (non-hydrogen) atoms. The van der Waals surface area contributed by atoms with Gasteiger partial charge in [-0.1, -0.05) is 32.6 Å². The van der Waals surface area contributed by atoms with E-state index in [0.29, 0.717) is 12.2 Å². The fourth-order valence-electron chi connectivity index (χ4n) is 1.58. The van der Waals surface area contributed by atoms with Crippen molar-refractivity contribution in [2.75, 3.05) is 5.32 Å². The minimum Gasteiger partial charge on any atom is -0.309 e. The van der Waals surface area contributed by atoms with E-state index in [1.54, 1.807) is 10.7 Å². The van der Waals surface area contributed by atoms with Gasteiger partial charge in [-0.2, -0.15) is 5.10 Å². The molecule has 1 aromatic rings. The molecule has 0 aliphatic carbocycles. The van der Waals surface area contributed by atoms with E-state index >= 15 is 0 Å². The van der Waals surface area contributed by atoms with Gasteiger partial charge in [0, 0.05) is 25.7 Å². The van der Waals surface area contributed by atoms with E-state index in [0.717, 1.165) is 12.8 Å². The van der Waals surface area contributed by atoms with Gasteiger partial charge in [0.25, 0.3) is 0 Å². The van der Waals surface area contributed by atoms with Crippen LogP contribution in [0.5, 0.6) is 0 Å². The molecular weight excluding hydrogens is 202 g/mol. The molecule has 0 saturated heterocycles. The molecule has 1 amide bonds. The molecule has 4 nitrogen and oxygen atoms in total. The molecule has 0 bridgehead atoms. The lowest BCUT2D eigenvalue weighted by Gasteiger charge is -2.01. The van der Waals surface area contributed by atoms with Crippen LogP contribution in [0.25, 0.3) is 0 Å². The summed E-state index contributed by atoms with van der Waals surface area (Å²) in [6, 6.07) is 1.80. The summed E-state index contributed by atoms with van der Waals surface area (Å²) in [4.78, 5) is 11.5. The lowest BCUT2D eigenvalue weighted by molar-refractivity contribution is -0.116. The number of rotatable bonds is 7. The Hall–Kier alpha value is -1.32. The summed E-state index contributed by atoms with van der Waals surface area (Å²) in [7, 11) is 1.83. The van der Waals surface area contributed by atoms with Gasteiger partial charge in [-0.3, -0.25) is 9.48 Å². The van der Waals surface area contributed by atoms with Gasteiger partial charge < -0.3 is 5.32 Å². The van der Waals surface area contributed by atoms with Crippen LogP contribution in [0.2, 0.25) is 0 Å². The molecule has 4 heteroatoms. The predicted molar refractivity (Wildman–Crippen MR) is 65.2 cm³/mol. The second kappa shape index (κ2) is 7.04. The lowest BCUT2D eigenvalue weighted by Crippen LogP contribution is -2.11. The van der Waals surface area contributed by atoms with Gasteiger partial charge in [0.2, 0.25) is 5.91 Å². The average molecular weight is 223 g/mol. The summed E-state index contributed by atoms with van der Waals surface area (Å²) in [5.74, 6) is 0.705. The molecule has 1 rings (SSSR count). The fourth-order valence-corrected chi connectivity index (χ4v) is 1.58. The molecule has 0 aromatic carbocycles. The third-order valence-corrected chi connectivity index (χ3v) is 2.49. The summed E-state index contributed by atoms with van der Waals surface area (Å²) < 4.78 is 1.68. The van der Waals surface area contributed by atoms with Crippen LogP contribution < -0.4 is 5.32 Å². The second-order valence-electron chi connectivity index (χ2n) is 4.09. The maximum atomic E-state index is 11.5. The third kappa shape index (κ3) is 4.96. The number of aromatic nitrogens is 2. The third-order valence-electron chi connectivity index (χ3n) is 2.49. The Morgan fingerprint density at radius 3 is 2.75 bits per heavy atom. The average Bonchev–Trinajstić information content (AvgIpc) is 2.63. The maximum absolute atomic E-state index is 11.5. The van der Waals surface area contributed by atoms with Crippen LogP contribution in [0, 0.1) is 0 Å². The second-order valence-corrected chi connectivity index (χ2v) is 4.09. The van der Waals surface area contributed by atoms with Crippen molar-refractivity contribution in [3.05, 3.63) is 12.3 Å². The van der Waals surface area contributed by atoms with Crippen molar-refractivity contribution in [3.63, 3.8) is 0 Å². The molecule has 0 fully saturated rings. The molecule has 0 radical (unpaired) electrons. The van der Waals surface area contributed by atoms with Gasteiger partial charge in [-0.05, 0) is 6.42 Å². The highest BCUT2D eigenvalue weighted by molar-refractivity contribution is 5.89. The monoisotopic (exact) mass is 223 g/mol. The first-order chi connectivity index (χ1) is 7.72. The van der Waals surface area contributed by atoms with Gasteiger partial charge in [-0.15, -0.1) is 0 Å². The van der Waals surface area contributed by atoms with Crippen LogP contribution in [-0.2, 0) is 11.8 Å². The number of carbonyl (C=O) groups is 1. The van der Waals surface area contributed by atoms with E-state index < -0.39 is 0 Å². The molecule has 90 valence electrons. The Morgan fingerprint density at radius 1 is 1.38 bits per heavy atom. The van der Waals surface area contributed by atoms with Gasteiger partial charge in [0.15, 0.2) is 5.82 Å². The summed E-state index contributed by atoms with van der Waals surface area (Å²) in [5, 5.41) is 6.88. The van der Waals surface area contributed by atoms with Crippen LogP contribution in [0.1, 0.15) is 45.4 Å². The summed E-state index contributed by atoms with van der Waals surface area (Å²) in [6.07, 6.45) is 8.26. The van der Waals surface area contributed by atoms with Crippen LogP contribution in [0.3, 0.4) is 0 Å². The molecule has 0 aliphatic heterocycles. The highest BCUT2D eigenvalue weighted by atomic mass is 16.1. The van der Waals surface area contributed by atoms with Crippen LogP contribution in [0.4, 0.5) is 5.82 Å². The van der Waals surface area contributed by atoms with E-state index in [9.17, 15) is 4.79 Å². The van der Waals surface area contributed by atoms with E-state index in [1.165, 1.54) is 19.3 Å². The molecule has 1 N–H and O–H groups in total. The summed E-state index contributed by atoms with van der Waals surface area (Å²) >= 11 is 0. The van der Waals surface area contributed by atoms with Gasteiger partial charge in [-0.25, -0.2) is 0 Å². The quantitative estimate of drug-likeness (QED) is 0.722. The zero-order valence-electron chi connectivity index (χ0n) is 10.2. The maximum Gasteiger partial charge on any atom is 0.225 e. The normalized spacial score (nSPS) is 10.4. The van der Waals surface area contributed by atoms with Gasteiger partial charge in [0.1, 0.15) is 0 Å². The molecular formula is C12H21N3O. The summed E-state index contributed by atoms with van der Waals surface area (Å²) in [5.41, 5.74) is 0. The largest absolute Gasteiger partial charge is 0.309 e. The first-order valence-electron chi connectivity index (χ1n) is 6.02. The molecule has 0 spiro atoms. The topological polar surface area (TPSA) is 46.9 Å². The number of unbranched alkanes of at least 4 members (excludes halogenated alkanes) is 4. The highest BCUT2D eigenvalue weighted by Gasteiger charge is 2.03. The van der Waals surface area contributed by atoms with Crippen molar-refractivity contribution in [1.82, 2.24) is 9.78 Å². The number of amides is 1. The Labute approximate surface area is 97.0 Å². The van der Waals surface area contributed by atoms with Crippen molar-refractivity contribution in [1.29, 1.82) is 0 Å². The van der Waals surface area contributed by atoms with E-state index in [2.05, 4.69) is 17.3 Å². The van der Waals surface area contributed by atoms with Gasteiger partial charge in [0.05, 0.1) is 0 Å². The Morgan fingerprint density at radius 2 is 2.12 bits per heavy atom. The van der Waals surface area contributed by atoms with Crippen LogP contribution in [0.15, 0.2) is 12.3 Å². The number of aryl methyl sites for hydroxylation is 1. The Bertz CT molecular complexity index is 320. The van der Waals surface area contributed by atoms with Gasteiger partial charge >= 0.3 is 0 Å². The SMILES string of the molecule is CCCCCCCC(=O)Nc1ccn(C)n1. The minimum absolute atomic E-state index is 0.0650. The Kier molecular flexibility index (Phi) is 5.61. The molecule has 1 aromatic heterocycles. The number of nitrogens with zero attached hydrogens (tertiary/aromatic N) is 2. The minimum atomic E-state index is 0.0650. The number of carbonyl (C=O) groups excluding carboxylic acids is 1. The summed E-state index contributed by atoms with van der Waals surface area (Å²) in [6.45, 7) is 2.19. The first kappa shape index (κ1) is 12.7. The van der Waals surface area contributed by atoms with Crippen molar-refractivity contribution in [2.24, 2.45) is 7.05 Å². The number of anilines is 1. The predicted octanol–water partition coefficient (Wildman–Crippen LogP) is 2.72. The number of hydrogen-bond donors (Lipinski definition) is 1. The van der Waals surface area contributed by atoms with E-state index in [1.807, 2.05) is 13.2 Å². The molecule has 0 unspecified atom stereocenters. The molecule has 0 aliphatic rings.